The zero-order valence-corrected chi connectivity index (χ0v) is 12.7. The molecule has 0 heterocycles. The fraction of sp³-hybridized carbons (Fsp3) is 0.667. The van der Waals surface area contributed by atoms with Gasteiger partial charge in [-0.3, -0.25) is 0 Å². The van der Waals surface area contributed by atoms with Gasteiger partial charge in [0.2, 0.25) is 0 Å². The van der Waals surface area contributed by atoms with E-state index in [2.05, 4.69) is 31.2 Å². The highest BCUT2D eigenvalue weighted by molar-refractivity contribution is 5.26. The summed E-state index contributed by atoms with van der Waals surface area (Å²) >= 11 is 0. The zero-order valence-electron chi connectivity index (χ0n) is 12.7. The van der Waals surface area contributed by atoms with Crippen LogP contribution < -0.4 is 5.73 Å². The van der Waals surface area contributed by atoms with Gasteiger partial charge in [0.05, 0.1) is 6.10 Å². The molecule has 1 saturated carbocycles. The van der Waals surface area contributed by atoms with E-state index in [9.17, 15) is 5.11 Å². The Balaban J connectivity index is 1.99. The predicted molar refractivity (Wildman–Crippen MR) is 84.8 cm³/mol. The lowest BCUT2D eigenvalue weighted by Crippen LogP contribution is -2.28. The quantitative estimate of drug-likeness (QED) is 0.804. The van der Waals surface area contributed by atoms with Crippen LogP contribution in [-0.4, -0.2) is 17.8 Å². The van der Waals surface area contributed by atoms with E-state index in [4.69, 9.17) is 5.73 Å². The van der Waals surface area contributed by atoms with Gasteiger partial charge in [-0.15, -0.1) is 0 Å². The second-order valence-electron chi connectivity index (χ2n) is 6.42. The number of rotatable bonds is 5. The van der Waals surface area contributed by atoms with E-state index in [-0.39, 0.29) is 12.0 Å². The van der Waals surface area contributed by atoms with Crippen molar-refractivity contribution in [3.63, 3.8) is 0 Å². The van der Waals surface area contributed by atoms with Gasteiger partial charge in [0.25, 0.3) is 0 Å². The summed E-state index contributed by atoms with van der Waals surface area (Å²) in [6.07, 6.45) is 8.56. The van der Waals surface area contributed by atoms with Crippen molar-refractivity contribution in [2.75, 3.05) is 6.54 Å². The lowest BCUT2D eigenvalue weighted by molar-refractivity contribution is 0.112. The Morgan fingerprint density at radius 2 is 1.90 bits per heavy atom. The van der Waals surface area contributed by atoms with E-state index in [0.29, 0.717) is 12.5 Å². The number of hydrogen-bond donors (Lipinski definition) is 2. The first kappa shape index (κ1) is 15.5. The molecule has 2 nitrogen and oxygen atoms in total. The summed E-state index contributed by atoms with van der Waals surface area (Å²) in [5, 5.41) is 10.6. The molecule has 1 aromatic carbocycles. The van der Waals surface area contributed by atoms with Crippen LogP contribution in [0, 0.1) is 12.8 Å². The minimum atomic E-state index is -0.301. The maximum absolute atomic E-state index is 10.6. The van der Waals surface area contributed by atoms with Gasteiger partial charge >= 0.3 is 0 Å². The van der Waals surface area contributed by atoms with E-state index in [1.165, 1.54) is 49.7 Å². The van der Waals surface area contributed by atoms with Crippen LogP contribution in [0.4, 0.5) is 0 Å². The molecule has 0 amide bonds. The molecule has 2 atom stereocenters. The minimum Gasteiger partial charge on any atom is -0.392 e. The molecular formula is C18H29NO. The summed E-state index contributed by atoms with van der Waals surface area (Å²) in [4.78, 5) is 0. The second kappa shape index (κ2) is 7.80. The molecule has 20 heavy (non-hydrogen) atoms. The minimum absolute atomic E-state index is 0.0816. The van der Waals surface area contributed by atoms with Crippen LogP contribution in [0.25, 0.3) is 0 Å². The van der Waals surface area contributed by atoms with Crippen molar-refractivity contribution in [2.45, 2.75) is 63.9 Å². The first-order valence-electron chi connectivity index (χ1n) is 8.15. The highest BCUT2D eigenvalue weighted by Crippen LogP contribution is 2.30. The third kappa shape index (κ3) is 4.32. The Morgan fingerprint density at radius 1 is 1.20 bits per heavy atom. The van der Waals surface area contributed by atoms with Crippen LogP contribution in [0.1, 0.15) is 62.0 Å². The average Bonchev–Trinajstić information content (AvgIpc) is 2.68. The third-order valence-corrected chi connectivity index (χ3v) is 4.74. The van der Waals surface area contributed by atoms with Crippen LogP contribution in [0.5, 0.6) is 0 Å². The van der Waals surface area contributed by atoms with Gasteiger partial charge in [-0.25, -0.2) is 0 Å². The average molecular weight is 275 g/mol. The molecule has 1 aromatic rings. The number of aryl methyl sites for hydroxylation is 1. The molecular weight excluding hydrogens is 246 g/mol. The molecule has 1 fully saturated rings. The molecule has 0 saturated heterocycles. The second-order valence-corrected chi connectivity index (χ2v) is 6.42. The molecule has 0 spiro atoms. The van der Waals surface area contributed by atoms with Crippen LogP contribution >= 0.6 is 0 Å². The lowest BCUT2D eigenvalue weighted by atomic mass is 9.85. The van der Waals surface area contributed by atoms with E-state index in [0.717, 1.165) is 6.42 Å². The molecule has 0 aliphatic heterocycles. The Labute approximate surface area is 123 Å². The van der Waals surface area contributed by atoms with Gasteiger partial charge < -0.3 is 10.8 Å². The predicted octanol–water partition coefficient (Wildman–Crippen LogP) is 3.76. The molecule has 2 unspecified atom stereocenters. The number of nitrogens with two attached hydrogens (primary N) is 1. The SMILES string of the molecule is Cc1cccc(C(CN)C(O)CC2CCCCCC2)c1. The molecule has 0 aromatic heterocycles. The van der Waals surface area contributed by atoms with Gasteiger partial charge in [0, 0.05) is 12.5 Å². The van der Waals surface area contributed by atoms with Crippen molar-refractivity contribution in [3.8, 4) is 0 Å². The van der Waals surface area contributed by atoms with Gasteiger partial charge in [-0.2, -0.15) is 0 Å². The van der Waals surface area contributed by atoms with E-state index in [1.807, 2.05) is 0 Å². The molecule has 2 heteroatoms. The molecule has 1 aliphatic rings. The van der Waals surface area contributed by atoms with Crippen LogP contribution in [0.2, 0.25) is 0 Å². The molecule has 0 bridgehead atoms. The fourth-order valence-corrected chi connectivity index (χ4v) is 3.52. The van der Waals surface area contributed by atoms with Crippen molar-refractivity contribution in [3.05, 3.63) is 35.4 Å². The first-order chi connectivity index (χ1) is 9.70. The Bertz CT molecular complexity index is 396. The maximum atomic E-state index is 10.6. The topological polar surface area (TPSA) is 46.2 Å². The molecule has 112 valence electrons. The number of aliphatic hydroxyl groups excluding tert-OH is 1. The van der Waals surface area contributed by atoms with Crippen molar-refractivity contribution in [1.82, 2.24) is 0 Å². The summed E-state index contributed by atoms with van der Waals surface area (Å²) in [5.74, 6) is 0.768. The molecule has 2 rings (SSSR count). The van der Waals surface area contributed by atoms with Crippen molar-refractivity contribution in [2.24, 2.45) is 11.7 Å². The zero-order chi connectivity index (χ0) is 14.4. The molecule has 3 N–H and O–H groups in total. The van der Waals surface area contributed by atoms with Crippen LogP contribution in [0.15, 0.2) is 24.3 Å². The maximum Gasteiger partial charge on any atom is 0.0623 e. The fourth-order valence-electron chi connectivity index (χ4n) is 3.52. The van der Waals surface area contributed by atoms with Crippen molar-refractivity contribution in [1.29, 1.82) is 0 Å². The Morgan fingerprint density at radius 3 is 2.50 bits per heavy atom. The molecule has 0 radical (unpaired) electrons. The molecule has 1 aliphatic carbocycles. The Hall–Kier alpha value is -0.860. The number of aliphatic hydroxyl groups is 1. The van der Waals surface area contributed by atoms with Crippen LogP contribution in [0.3, 0.4) is 0 Å². The van der Waals surface area contributed by atoms with Gasteiger partial charge in [-0.05, 0) is 24.8 Å². The summed E-state index contributed by atoms with van der Waals surface area (Å²) < 4.78 is 0. The highest BCUT2D eigenvalue weighted by atomic mass is 16.3. The van der Waals surface area contributed by atoms with Crippen LogP contribution in [-0.2, 0) is 0 Å². The summed E-state index contributed by atoms with van der Waals surface area (Å²) in [6, 6.07) is 8.41. The monoisotopic (exact) mass is 275 g/mol. The van der Waals surface area contributed by atoms with E-state index >= 15 is 0 Å². The van der Waals surface area contributed by atoms with Gasteiger partial charge in [-0.1, -0.05) is 68.4 Å². The largest absolute Gasteiger partial charge is 0.392 e. The lowest BCUT2D eigenvalue weighted by Gasteiger charge is -2.26. The van der Waals surface area contributed by atoms with Gasteiger partial charge in [0.1, 0.15) is 0 Å². The highest BCUT2D eigenvalue weighted by Gasteiger charge is 2.24. The first-order valence-corrected chi connectivity index (χ1v) is 8.15. The van der Waals surface area contributed by atoms with E-state index < -0.39 is 0 Å². The summed E-state index contributed by atoms with van der Waals surface area (Å²) in [6.45, 7) is 2.62. The van der Waals surface area contributed by atoms with Gasteiger partial charge in [0.15, 0.2) is 0 Å². The number of benzene rings is 1. The Kier molecular flexibility index (Phi) is 6.06. The summed E-state index contributed by atoms with van der Waals surface area (Å²) in [7, 11) is 0. The normalized spacial score (nSPS) is 20.4. The smallest absolute Gasteiger partial charge is 0.0623 e. The summed E-state index contributed by atoms with van der Waals surface area (Å²) in [5.41, 5.74) is 8.36. The van der Waals surface area contributed by atoms with E-state index in [1.54, 1.807) is 0 Å². The number of hydrogen-bond acceptors (Lipinski definition) is 2. The van der Waals surface area contributed by atoms with Crippen molar-refractivity contribution >= 4 is 0 Å². The third-order valence-electron chi connectivity index (χ3n) is 4.74. The standard InChI is InChI=1S/C18H29NO/c1-14-7-6-10-16(11-14)17(13-19)18(20)12-15-8-4-2-3-5-9-15/h6-7,10-11,15,17-18,20H,2-5,8-9,12-13,19H2,1H3. The van der Waals surface area contributed by atoms with Crippen molar-refractivity contribution < 1.29 is 5.11 Å².